The van der Waals surface area contributed by atoms with Crippen LogP contribution in [0.1, 0.15) is 50.7 Å². The number of nitrogens with two attached hydrogens (primary N) is 1. The number of phosphoric acid groups is 3. The Morgan fingerprint density at radius 1 is 1.17 bits per heavy atom. The maximum absolute atomic E-state index is 12.7. The molecule has 1 aromatic carbocycles. The molecule has 2 aromatic rings. The lowest BCUT2D eigenvalue weighted by Crippen LogP contribution is -2.30. The van der Waals surface area contributed by atoms with Crippen molar-refractivity contribution >= 4 is 35.0 Å². The molecule has 258 valence electrons. The van der Waals surface area contributed by atoms with E-state index in [0.29, 0.717) is 5.75 Å². The second-order valence-corrected chi connectivity index (χ2v) is 15.3. The average molecular weight is 718 g/mol. The summed E-state index contributed by atoms with van der Waals surface area (Å²) < 4.78 is 63.9. The van der Waals surface area contributed by atoms with Crippen molar-refractivity contribution in [2.45, 2.75) is 58.3 Å². The zero-order valence-corrected chi connectivity index (χ0v) is 27.3. The van der Waals surface area contributed by atoms with E-state index in [-0.39, 0.29) is 35.7 Å². The number of nitrogens with zero attached hydrogens (tertiary/aromatic N) is 3. The fourth-order valence-corrected chi connectivity index (χ4v) is 7.39. The molecule has 0 saturated carbocycles. The van der Waals surface area contributed by atoms with Gasteiger partial charge in [0.1, 0.15) is 23.9 Å². The summed E-state index contributed by atoms with van der Waals surface area (Å²) in [6, 6.07) is 4.20. The van der Waals surface area contributed by atoms with Crippen LogP contribution >= 0.6 is 23.5 Å². The van der Waals surface area contributed by atoms with Crippen molar-refractivity contribution in [2.24, 2.45) is 5.41 Å². The SMILES string of the molecule is COc1ccc([N+](=O)[O-])c([C@@H](OCc2cn([C@H]3C[C@@H](O)[C@@H](COP(=O)(O)OP(=O)(O)OP(=O)(O)O)O3)c(=O)nc2N)C(C)(C)C)c1. The summed E-state index contributed by atoms with van der Waals surface area (Å²) in [6.45, 7) is 4.13. The number of phosphoric ester groups is 1. The molecule has 46 heavy (non-hydrogen) atoms. The minimum absolute atomic E-state index is 0.161. The summed E-state index contributed by atoms with van der Waals surface area (Å²) in [5.41, 5.74) is 4.53. The van der Waals surface area contributed by atoms with Crippen LogP contribution in [0.25, 0.3) is 0 Å². The quantitative estimate of drug-likeness (QED) is 0.0924. The number of methoxy groups -OCH3 is 1. The summed E-state index contributed by atoms with van der Waals surface area (Å²) in [7, 11) is -15.5. The lowest BCUT2D eigenvalue weighted by Gasteiger charge is -2.31. The van der Waals surface area contributed by atoms with E-state index < -0.39 is 70.6 Å². The van der Waals surface area contributed by atoms with E-state index in [9.17, 15) is 43.5 Å². The molecule has 6 atom stereocenters. The van der Waals surface area contributed by atoms with Gasteiger partial charge in [-0.05, 0) is 17.5 Å². The first-order chi connectivity index (χ1) is 21.0. The van der Waals surface area contributed by atoms with Gasteiger partial charge in [0.05, 0.1) is 43.0 Å². The van der Waals surface area contributed by atoms with Crippen LogP contribution in [0.3, 0.4) is 0 Å². The Morgan fingerprint density at radius 3 is 2.39 bits per heavy atom. The molecule has 0 amide bonds. The van der Waals surface area contributed by atoms with Gasteiger partial charge in [0.25, 0.3) is 5.69 Å². The summed E-state index contributed by atoms with van der Waals surface area (Å²) in [5.74, 6) is 0.129. The molecule has 7 N–H and O–H groups in total. The monoisotopic (exact) mass is 718 g/mol. The smallest absolute Gasteiger partial charge is 0.490 e. The first kappa shape index (κ1) is 37.8. The molecule has 0 aliphatic carbocycles. The third-order valence-electron chi connectivity index (χ3n) is 6.30. The lowest BCUT2D eigenvalue weighted by molar-refractivity contribution is -0.386. The third kappa shape index (κ3) is 10.2. The lowest BCUT2D eigenvalue weighted by atomic mass is 9.83. The van der Waals surface area contributed by atoms with E-state index in [1.54, 1.807) is 20.8 Å². The molecule has 1 aliphatic rings. The van der Waals surface area contributed by atoms with Gasteiger partial charge in [-0.3, -0.25) is 19.2 Å². The van der Waals surface area contributed by atoms with Gasteiger partial charge in [0.2, 0.25) is 0 Å². The van der Waals surface area contributed by atoms with E-state index in [1.165, 1.54) is 31.5 Å². The minimum Gasteiger partial charge on any atom is -0.497 e. The van der Waals surface area contributed by atoms with Gasteiger partial charge in [-0.2, -0.15) is 13.6 Å². The van der Waals surface area contributed by atoms with Gasteiger partial charge in [-0.15, -0.1) is 0 Å². The van der Waals surface area contributed by atoms with E-state index in [1.807, 2.05) is 0 Å². The van der Waals surface area contributed by atoms with Gasteiger partial charge in [-0.1, -0.05) is 20.8 Å². The molecule has 2 heterocycles. The highest BCUT2D eigenvalue weighted by Crippen LogP contribution is 2.66. The number of anilines is 1. The molecule has 1 aromatic heterocycles. The predicted molar refractivity (Wildman–Crippen MR) is 154 cm³/mol. The van der Waals surface area contributed by atoms with Crippen molar-refractivity contribution in [1.29, 1.82) is 0 Å². The highest BCUT2D eigenvalue weighted by atomic mass is 31.3. The van der Waals surface area contributed by atoms with Gasteiger partial charge >= 0.3 is 29.2 Å². The molecule has 1 saturated heterocycles. The van der Waals surface area contributed by atoms with Crippen LogP contribution in [0.5, 0.6) is 5.75 Å². The molecule has 0 radical (unpaired) electrons. The van der Waals surface area contributed by atoms with Crippen LogP contribution in [-0.2, 0) is 42.9 Å². The highest BCUT2D eigenvalue weighted by Gasteiger charge is 2.43. The summed E-state index contributed by atoms with van der Waals surface area (Å²) in [6.07, 6.45) is -4.02. The van der Waals surface area contributed by atoms with Crippen LogP contribution in [0.4, 0.5) is 11.5 Å². The Kier molecular flexibility index (Phi) is 11.7. The Bertz CT molecular complexity index is 1640. The normalized spacial score (nSPS) is 22.2. The summed E-state index contributed by atoms with van der Waals surface area (Å²) in [5, 5.41) is 22.2. The Labute approximate surface area is 260 Å². The number of nitro groups is 1. The van der Waals surface area contributed by atoms with Crippen molar-refractivity contribution < 1.29 is 70.7 Å². The number of hydrogen-bond donors (Lipinski definition) is 6. The van der Waals surface area contributed by atoms with Crippen molar-refractivity contribution in [3.05, 3.63) is 56.1 Å². The third-order valence-corrected chi connectivity index (χ3v) is 10.1. The number of rotatable bonds is 14. The fourth-order valence-electron chi connectivity index (χ4n) is 4.36. The first-order valence-electron chi connectivity index (χ1n) is 13.0. The number of nitrogen functional groups attached to an aromatic ring is 1. The molecule has 24 heteroatoms. The highest BCUT2D eigenvalue weighted by molar-refractivity contribution is 7.66. The Hall–Kier alpha value is -2.61. The first-order valence-corrected chi connectivity index (χ1v) is 17.5. The summed E-state index contributed by atoms with van der Waals surface area (Å²) >= 11 is 0. The zero-order chi connectivity index (χ0) is 34.8. The van der Waals surface area contributed by atoms with Crippen LogP contribution in [0, 0.1) is 15.5 Å². The maximum Gasteiger partial charge on any atom is 0.490 e. The number of benzene rings is 1. The summed E-state index contributed by atoms with van der Waals surface area (Å²) in [4.78, 5) is 63.9. The predicted octanol–water partition coefficient (Wildman–Crippen LogP) is 2.04. The molecule has 2 unspecified atom stereocenters. The molecule has 0 bridgehead atoms. The van der Waals surface area contributed by atoms with Gasteiger partial charge in [-0.25, -0.2) is 18.5 Å². The average Bonchev–Trinajstić information content (AvgIpc) is 3.25. The molecular weight excluding hydrogens is 685 g/mol. The van der Waals surface area contributed by atoms with E-state index in [0.717, 1.165) is 4.57 Å². The minimum atomic E-state index is -5.77. The van der Waals surface area contributed by atoms with E-state index >= 15 is 0 Å². The van der Waals surface area contributed by atoms with Crippen molar-refractivity contribution in [1.82, 2.24) is 9.55 Å². The molecule has 1 fully saturated rings. The Balaban J connectivity index is 1.78. The number of aliphatic hydroxyl groups excluding tert-OH is 1. The topological polar surface area (TPSA) is 312 Å². The molecule has 3 rings (SSSR count). The maximum atomic E-state index is 12.7. The van der Waals surface area contributed by atoms with E-state index in [2.05, 4.69) is 18.1 Å². The number of nitro benzene ring substituents is 1. The largest absolute Gasteiger partial charge is 0.497 e. The van der Waals surface area contributed by atoms with Gasteiger partial charge < -0.3 is 44.6 Å². The van der Waals surface area contributed by atoms with Crippen molar-refractivity contribution in [3.63, 3.8) is 0 Å². The van der Waals surface area contributed by atoms with Crippen LogP contribution in [-0.4, -0.2) is 65.1 Å². The molecule has 21 nitrogen and oxygen atoms in total. The van der Waals surface area contributed by atoms with Crippen LogP contribution in [0.2, 0.25) is 0 Å². The molecule has 0 spiro atoms. The number of aliphatic hydroxyl groups is 1. The van der Waals surface area contributed by atoms with Gasteiger partial charge in [0.15, 0.2) is 0 Å². The van der Waals surface area contributed by atoms with Crippen molar-refractivity contribution in [2.75, 3.05) is 19.5 Å². The van der Waals surface area contributed by atoms with Crippen molar-refractivity contribution in [3.8, 4) is 5.75 Å². The zero-order valence-electron chi connectivity index (χ0n) is 24.6. The Morgan fingerprint density at radius 2 is 1.83 bits per heavy atom. The van der Waals surface area contributed by atoms with Crippen LogP contribution in [0.15, 0.2) is 29.2 Å². The molecular formula is C22H33N4O17P3. The number of ether oxygens (including phenoxy) is 3. The number of aromatic nitrogens is 2. The van der Waals surface area contributed by atoms with Gasteiger partial charge in [0, 0.05) is 24.2 Å². The number of hydrogen-bond acceptors (Lipinski definition) is 15. The van der Waals surface area contributed by atoms with E-state index in [4.69, 9.17) is 29.7 Å². The fraction of sp³-hybridized carbons (Fsp3) is 0.545. The standard InChI is InChI=1S/C22H33N4O17P3/c1-22(2,3)19(14-7-13(38-4)5-6-15(14)26(29)30)39-10-12-9-25(21(28)24-20(12)23)18-8-16(27)17(41-18)11-40-45(34,35)43-46(36,37)42-44(31,32)33/h5-7,9,16-19,27H,8,10-11H2,1-4H3,(H,34,35)(H,36,37)(H2,23,24,28)(H2,31,32,33)/t16-,17-,18-,19-/m1/s1. The second kappa shape index (κ2) is 14.2. The second-order valence-electron chi connectivity index (χ2n) is 10.9. The van der Waals surface area contributed by atoms with Crippen LogP contribution < -0.4 is 16.2 Å². The molecule has 1 aliphatic heterocycles.